The topological polar surface area (TPSA) is 76.3 Å². The summed E-state index contributed by atoms with van der Waals surface area (Å²) in [6, 6.07) is 11.1. The Morgan fingerprint density at radius 1 is 1.12 bits per heavy atom. The molecule has 2 amide bonds. The Bertz CT molecular complexity index is 782. The van der Waals surface area contributed by atoms with Gasteiger partial charge >= 0.3 is 0 Å². The third-order valence-corrected chi connectivity index (χ3v) is 4.36. The van der Waals surface area contributed by atoms with E-state index in [0.29, 0.717) is 23.8 Å². The Labute approximate surface area is 141 Å². The number of primary amides is 1. The van der Waals surface area contributed by atoms with Crippen LogP contribution in [0.5, 0.6) is 0 Å². The molecule has 0 atom stereocenters. The lowest BCUT2D eigenvalue weighted by atomic mass is 10.0. The number of aromatic nitrogens is 1. The van der Waals surface area contributed by atoms with Gasteiger partial charge in [0.25, 0.3) is 11.8 Å². The van der Waals surface area contributed by atoms with E-state index in [1.165, 1.54) is 5.56 Å². The maximum atomic E-state index is 12.9. The van der Waals surface area contributed by atoms with Crippen molar-refractivity contribution in [2.45, 2.75) is 32.6 Å². The number of benzene rings is 1. The molecule has 0 bridgehead atoms. The van der Waals surface area contributed by atoms with E-state index in [9.17, 15) is 9.59 Å². The van der Waals surface area contributed by atoms with E-state index in [-0.39, 0.29) is 11.6 Å². The van der Waals surface area contributed by atoms with Crippen molar-refractivity contribution in [1.29, 1.82) is 0 Å². The summed E-state index contributed by atoms with van der Waals surface area (Å²) in [6.07, 6.45) is 1.72. The summed E-state index contributed by atoms with van der Waals surface area (Å²) >= 11 is 0. The highest BCUT2D eigenvalue weighted by Gasteiger charge is 2.25. The Kier molecular flexibility index (Phi) is 4.34. The largest absolute Gasteiger partial charge is 0.364 e. The second-order valence-corrected chi connectivity index (χ2v) is 6.38. The first-order valence-corrected chi connectivity index (χ1v) is 8.19. The van der Waals surface area contributed by atoms with Gasteiger partial charge in [0, 0.05) is 12.1 Å². The van der Waals surface area contributed by atoms with Crippen LogP contribution in [0.3, 0.4) is 0 Å². The molecular weight excluding hydrogens is 302 g/mol. The maximum Gasteiger partial charge on any atom is 0.267 e. The van der Waals surface area contributed by atoms with Gasteiger partial charge in [-0.05, 0) is 48.1 Å². The van der Waals surface area contributed by atoms with Gasteiger partial charge < -0.3 is 5.73 Å². The van der Waals surface area contributed by atoms with Gasteiger partial charge in [0.1, 0.15) is 11.5 Å². The first-order valence-electron chi connectivity index (χ1n) is 8.19. The summed E-state index contributed by atoms with van der Waals surface area (Å²) < 4.78 is 0. The number of nitrogens with two attached hydrogens (primary N) is 1. The molecule has 1 aliphatic rings. The molecule has 0 unspecified atom stereocenters. The van der Waals surface area contributed by atoms with Crippen molar-refractivity contribution in [3.8, 4) is 0 Å². The van der Waals surface area contributed by atoms with Crippen molar-refractivity contribution in [3.05, 3.63) is 58.8 Å². The third kappa shape index (κ3) is 3.02. The van der Waals surface area contributed by atoms with Crippen LogP contribution in [-0.4, -0.2) is 23.3 Å². The van der Waals surface area contributed by atoms with Gasteiger partial charge in [-0.15, -0.1) is 0 Å². The van der Waals surface area contributed by atoms with Crippen LogP contribution in [0.15, 0.2) is 36.4 Å². The zero-order valence-electron chi connectivity index (χ0n) is 14.0. The fraction of sp³-hybridized carbons (Fsp3) is 0.316. The van der Waals surface area contributed by atoms with Gasteiger partial charge in [0.15, 0.2) is 0 Å². The number of carbonyl (C=O) groups excluding carboxylic acids is 2. The number of aryl methyl sites for hydroxylation is 1. The number of hydrogen-bond acceptors (Lipinski definition) is 3. The summed E-state index contributed by atoms with van der Waals surface area (Å²) in [4.78, 5) is 30.3. The molecule has 1 aliphatic heterocycles. The van der Waals surface area contributed by atoms with Crippen LogP contribution >= 0.6 is 0 Å². The molecule has 1 aromatic heterocycles. The first-order chi connectivity index (χ1) is 11.5. The highest BCUT2D eigenvalue weighted by atomic mass is 16.2. The van der Waals surface area contributed by atoms with E-state index < -0.39 is 5.91 Å². The standard InChI is InChI=1S/C19H21N3O2/c1-12(2)13-5-7-15(8-6-13)19(24)22-11-3-4-14-9-10-16(17(20)23)21-18(14)22/h5-10,12H,3-4,11H2,1-2H3,(H2,20,23). The number of hydrogen-bond donors (Lipinski definition) is 1. The highest BCUT2D eigenvalue weighted by molar-refractivity contribution is 6.06. The van der Waals surface area contributed by atoms with Gasteiger partial charge in [-0.25, -0.2) is 4.98 Å². The van der Waals surface area contributed by atoms with Crippen molar-refractivity contribution in [2.24, 2.45) is 5.73 Å². The van der Waals surface area contributed by atoms with E-state index in [4.69, 9.17) is 5.73 Å². The van der Waals surface area contributed by atoms with Crippen LogP contribution in [0.2, 0.25) is 0 Å². The van der Waals surface area contributed by atoms with Crippen molar-refractivity contribution in [3.63, 3.8) is 0 Å². The SMILES string of the molecule is CC(C)c1ccc(C(=O)N2CCCc3ccc(C(N)=O)nc32)cc1. The normalized spacial score (nSPS) is 13.7. The van der Waals surface area contributed by atoms with Crippen LogP contribution in [0.25, 0.3) is 0 Å². The van der Waals surface area contributed by atoms with Crippen molar-refractivity contribution in [1.82, 2.24) is 4.98 Å². The van der Waals surface area contributed by atoms with Crippen LogP contribution in [0.1, 0.15) is 58.2 Å². The maximum absolute atomic E-state index is 12.9. The molecule has 0 spiro atoms. The monoisotopic (exact) mass is 323 g/mol. The van der Waals surface area contributed by atoms with Gasteiger partial charge in [-0.3, -0.25) is 14.5 Å². The van der Waals surface area contributed by atoms with Gasteiger partial charge in [-0.2, -0.15) is 0 Å². The molecule has 1 aromatic carbocycles. The quantitative estimate of drug-likeness (QED) is 0.943. The average molecular weight is 323 g/mol. The fourth-order valence-electron chi connectivity index (χ4n) is 2.94. The second kappa shape index (κ2) is 6.43. The van der Waals surface area contributed by atoms with Crippen LogP contribution in [0, 0.1) is 0 Å². The first kappa shape index (κ1) is 16.2. The van der Waals surface area contributed by atoms with Crippen molar-refractivity contribution < 1.29 is 9.59 Å². The predicted octanol–water partition coefficient (Wildman–Crippen LogP) is 2.90. The summed E-state index contributed by atoms with van der Waals surface area (Å²) in [7, 11) is 0. The molecule has 0 radical (unpaired) electrons. The lowest BCUT2D eigenvalue weighted by Gasteiger charge is -2.28. The molecule has 2 aromatic rings. The predicted molar refractivity (Wildman–Crippen MR) is 93.3 cm³/mol. The Balaban J connectivity index is 1.94. The molecule has 2 heterocycles. The number of nitrogens with zero attached hydrogens (tertiary/aromatic N) is 2. The van der Waals surface area contributed by atoms with Crippen molar-refractivity contribution >= 4 is 17.6 Å². The van der Waals surface area contributed by atoms with Crippen molar-refractivity contribution in [2.75, 3.05) is 11.4 Å². The number of rotatable bonds is 3. The van der Waals surface area contributed by atoms with E-state index in [1.807, 2.05) is 30.3 Å². The number of amides is 2. The summed E-state index contributed by atoms with van der Waals surface area (Å²) in [6.45, 7) is 4.83. The summed E-state index contributed by atoms with van der Waals surface area (Å²) in [5, 5.41) is 0. The Morgan fingerprint density at radius 2 is 1.83 bits per heavy atom. The molecule has 0 saturated carbocycles. The van der Waals surface area contributed by atoms with E-state index in [2.05, 4.69) is 18.8 Å². The fourth-order valence-corrected chi connectivity index (χ4v) is 2.94. The molecule has 0 aliphatic carbocycles. The second-order valence-electron chi connectivity index (χ2n) is 6.38. The lowest BCUT2D eigenvalue weighted by molar-refractivity contribution is 0.0975. The van der Waals surface area contributed by atoms with Crippen LogP contribution in [-0.2, 0) is 6.42 Å². The highest BCUT2D eigenvalue weighted by Crippen LogP contribution is 2.27. The molecule has 0 saturated heterocycles. The number of anilines is 1. The average Bonchev–Trinajstić information content (AvgIpc) is 2.60. The zero-order valence-corrected chi connectivity index (χ0v) is 14.0. The van der Waals surface area contributed by atoms with Gasteiger partial charge in [0.2, 0.25) is 0 Å². The zero-order chi connectivity index (χ0) is 17.3. The lowest BCUT2D eigenvalue weighted by Crippen LogP contribution is -2.36. The van der Waals surface area contributed by atoms with Gasteiger partial charge in [0.05, 0.1) is 0 Å². The number of fused-ring (bicyclic) bond motifs is 1. The van der Waals surface area contributed by atoms with E-state index in [1.54, 1.807) is 11.0 Å². The Morgan fingerprint density at radius 3 is 2.46 bits per heavy atom. The molecular formula is C19H21N3O2. The Hall–Kier alpha value is -2.69. The smallest absolute Gasteiger partial charge is 0.267 e. The van der Waals surface area contributed by atoms with Crippen LogP contribution in [0.4, 0.5) is 5.82 Å². The van der Waals surface area contributed by atoms with E-state index in [0.717, 1.165) is 18.4 Å². The summed E-state index contributed by atoms with van der Waals surface area (Å²) in [5.74, 6) is 0.289. The van der Waals surface area contributed by atoms with Crippen LogP contribution < -0.4 is 10.6 Å². The molecule has 3 rings (SSSR count). The number of carbonyl (C=O) groups is 2. The number of pyridine rings is 1. The molecule has 5 heteroatoms. The van der Waals surface area contributed by atoms with Gasteiger partial charge in [-0.1, -0.05) is 32.0 Å². The minimum Gasteiger partial charge on any atom is -0.364 e. The molecule has 0 fully saturated rings. The minimum absolute atomic E-state index is 0.0969. The molecule has 5 nitrogen and oxygen atoms in total. The third-order valence-electron chi connectivity index (χ3n) is 4.36. The molecule has 124 valence electrons. The molecule has 24 heavy (non-hydrogen) atoms. The summed E-state index contributed by atoms with van der Waals surface area (Å²) in [5.41, 5.74) is 8.29. The molecule has 2 N–H and O–H groups in total. The minimum atomic E-state index is -0.586. The van der Waals surface area contributed by atoms with E-state index >= 15 is 0 Å².